The molecule has 5 atom stereocenters. The Balaban J connectivity index is 4.47. The molecule has 0 fully saturated rings. The SMILES string of the molecule is CC/C=C\C/C=C\C/C=C\C/C=C\C/C=C\CCCCCCCCCCCCCC(=O)OCC(O)COP(=O)(O)OCC(O)COP(=O)(O)OCC(COC(=O)CCCCCCCCCCCCC/C=C\C/C=C\C/C=C\C/C=C\C/C=C\CC)OC(=O)CCCCCCC/C=C\CCCC. The van der Waals surface area contributed by atoms with Crippen LogP contribution in [0.1, 0.15) is 316 Å². The normalized spacial score (nSPS) is 14.7. The van der Waals surface area contributed by atoms with E-state index in [1.165, 1.54) is 96.3 Å². The van der Waals surface area contributed by atoms with Crippen LogP contribution in [0, 0.1) is 0 Å². The summed E-state index contributed by atoms with van der Waals surface area (Å²) in [5.41, 5.74) is 0. The monoisotopic (exact) mass is 1460 g/mol. The number of rotatable bonds is 74. The minimum absolute atomic E-state index is 0.0918. The van der Waals surface area contributed by atoms with E-state index in [4.69, 9.17) is 32.3 Å². The summed E-state index contributed by atoms with van der Waals surface area (Å²) < 4.78 is 61.1. The smallest absolute Gasteiger partial charge is 0.463 e. The Kier molecular flexibility index (Phi) is 72.2. The maximum absolute atomic E-state index is 12.9. The highest BCUT2D eigenvalue weighted by Crippen LogP contribution is 2.45. The van der Waals surface area contributed by atoms with Gasteiger partial charge in [-0.2, -0.15) is 0 Å². The predicted molar refractivity (Wildman–Crippen MR) is 417 cm³/mol. The molecule has 0 aromatic rings. The predicted octanol–water partition coefficient (Wildman–Crippen LogP) is 23.1. The average molecular weight is 1460 g/mol. The number of esters is 3. The van der Waals surface area contributed by atoms with Gasteiger partial charge in [0.1, 0.15) is 25.4 Å². The lowest BCUT2D eigenvalue weighted by Crippen LogP contribution is -2.30. The van der Waals surface area contributed by atoms with E-state index < -0.39 is 91.5 Å². The lowest BCUT2D eigenvalue weighted by Gasteiger charge is -2.21. The van der Waals surface area contributed by atoms with Crippen molar-refractivity contribution in [1.29, 1.82) is 0 Å². The third-order valence-electron chi connectivity index (χ3n) is 16.3. The molecule has 18 heteroatoms. The Morgan fingerprint density at radius 3 is 0.842 bits per heavy atom. The molecule has 0 aliphatic rings. The fourth-order valence-electron chi connectivity index (χ4n) is 10.4. The minimum atomic E-state index is -4.93. The van der Waals surface area contributed by atoms with Crippen molar-refractivity contribution in [3.8, 4) is 0 Å². The van der Waals surface area contributed by atoms with Gasteiger partial charge in [-0.25, -0.2) is 9.13 Å². The molecular formula is C83H142O16P2. The summed E-state index contributed by atoms with van der Waals surface area (Å²) in [5, 5.41) is 20.6. The highest BCUT2D eigenvalue weighted by atomic mass is 31.2. The second-order valence-electron chi connectivity index (χ2n) is 26.1. The van der Waals surface area contributed by atoms with E-state index in [-0.39, 0.29) is 19.3 Å². The molecule has 0 rings (SSSR count). The van der Waals surface area contributed by atoms with Crippen molar-refractivity contribution in [1.82, 2.24) is 0 Å². The molecule has 0 aromatic heterocycles. The first-order valence-electron chi connectivity index (χ1n) is 39.5. The van der Waals surface area contributed by atoms with Crippen molar-refractivity contribution in [2.45, 2.75) is 334 Å². The number of aliphatic hydroxyl groups is 2. The van der Waals surface area contributed by atoms with Gasteiger partial charge in [-0.05, 0) is 128 Å². The fraction of sp³-hybridized carbons (Fsp3) is 0.699. The zero-order valence-corrected chi connectivity index (χ0v) is 65.1. The van der Waals surface area contributed by atoms with Crippen LogP contribution in [0.25, 0.3) is 0 Å². The standard InChI is InChI=1S/C83H142O16P2/c1-4-7-10-13-16-19-22-24-26-28-30-32-34-36-38-40-42-44-46-48-50-52-55-57-60-63-66-69-81(86)93-72-78(84)73-95-100(89,90)96-74-79(85)75-97-101(91,92)98-77-80(99-83(88)71-68-65-62-59-54-21-18-15-12-9-6-3)76-94-82(87)70-67-64-61-58-56-53-51-49-47-45-43-41-39-37-35-33-31-29-27-25-23-20-17-14-11-8-5-2/h7-8,10-11,15-20,24-27,30-33,36-39,78-80,84-85H,4-6,9,12-14,21-23,28-29,34-35,40-77H2,1-3H3,(H,89,90)(H,91,92)/b10-7-,11-8-,18-15-,19-16-,20-17-,26-24-,27-25-,32-30-,33-31-,38-36-,39-37-. The van der Waals surface area contributed by atoms with Gasteiger partial charge in [0.2, 0.25) is 0 Å². The van der Waals surface area contributed by atoms with Gasteiger partial charge >= 0.3 is 33.6 Å². The summed E-state index contributed by atoms with van der Waals surface area (Å²) in [6, 6.07) is 0. The number of ether oxygens (including phenoxy) is 3. The van der Waals surface area contributed by atoms with Crippen LogP contribution in [-0.4, -0.2) is 95.9 Å². The van der Waals surface area contributed by atoms with Crippen molar-refractivity contribution in [3.05, 3.63) is 134 Å². The first-order valence-corrected chi connectivity index (χ1v) is 42.5. The number of aliphatic hydroxyl groups excluding tert-OH is 2. The topological polar surface area (TPSA) is 231 Å². The Labute approximate surface area is 614 Å². The molecule has 16 nitrogen and oxygen atoms in total. The summed E-state index contributed by atoms with van der Waals surface area (Å²) >= 11 is 0. The summed E-state index contributed by atoms with van der Waals surface area (Å²) in [6.07, 6.45) is 90.8. The largest absolute Gasteiger partial charge is 0.472 e. The Morgan fingerprint density at radius 2 is 0.525 bits per heavy atom. The molecule has 5 unspecified atom stereocenters. The van der Waals surface area contributed by atoms with Gasteiger partial charge in [0.15, 0.2) is 6.10 Å². The quantitative estimate of drug-likeness (QED) is 0.0146. The third-order valence-corrected chi connectivity index (χ3v) is 18.2. The molecule has 0 bridgehead atoms. The average Bonchev–Trinajstić information content (AvgIpc) is 0.947. The van der Waals surface area contributed by atoms with Crippen LogP contribution in [0.4, 0.5) is 0 Å². The van der Waals surface area contributed by atoms with Gasteiger partial charge in [0, 0.05) is 19.3 Å². The van der Waals surface area contributed by atoms with E-state index in [0.717, 1.165) is 161 Å². The Bertz CT molecular complexity index is 2370. The van der Waals surface area contributed by atoms with Crippen LogP contribution in [0.5, 0.6) is 0 Å². The van der Waals surface area contributed by atoms with Crippen molar-refractivity contribution < 1.29 is 75.8 Å². The van der Waals surface area contributed by atoms with Gasteiger partial charge in [-0.1, -0.05) is 302 Å². The molecule has 0 amide bonds. The summed E-state index contributed by atoms with van der Waals surface area (Å²) in [7, 11) is -9.79. The lowest BCUT2D eigenvalue weighted by molar-refractivity contribution is -0.161. The van der Waals surface area contributed by atoms with Gasteiger partial charge in [-0.15, -0.1) is 0 Å². The van der Waals surface area contributed by atoms with Crippen LogP contribution in [0.3, 0.4) is 0 Å². The molecule has 0 aromatic carbocycles. The van der Waals surface area contributed by atoms with E-state index in [2.05, 4.69) is 154 Å². The number of carbonyl (C=O) groups is 3. The maximum Gasteiger partial charge on any atom is 0.472 e. The minimum Gasteiger partial charge on any atom is -0.463 e. The molecule has 4 N–H and O–H groups in total. The number of phosphoric acid groups is 2. The number of phosphoric ester groups is 2. The second kappa shape index (κ2) is 75.4. The molecule has 0 heterocycles. The van der Waals surface area contributed by atoms with Gasteiger partial charge in [-0.3, -0.25) is 32.5 Å². The molecule has 0 aliphatic heterocycles. The van der Waals surface area contributed by atoms with Crippen molar-refractivity contribution in [2.24, 2.45) is 0 Å². The van der Waals surface area contributed by atoms with Gasteiger partial charge in [0.05, 0.1) is 26.4 Å². The van der Waals surface area contributed by atoms with Crippen molar-refractivity contribution >= 4 is 33.6 Å². The van der Waals surface area contributed by atoms with E-state index in [0.29, 0.717) is 19.3 Å². The molecule has 0 aliphatic carbocycles. The lowest BCUT2D eigenvalue weighted by atomic mass is 10.0. The van der Waals surface area contributed by atoms with Crippen LogP contribution < -0.4 is 0 Å². The highest BCUT2D eigenvalue weighted by molar-refractivity contribution is 7.47. The fourth-order valence-corrected chi connectivity index (χ4v) is 12.0. The summed E-state index contributed by atoms with van der Waals surface area (Å²) in [4.78, 5) is 58.6. The first-order chi connectivity index (χ1) is 49.2. The molecular weight excluding hydrogens is 1310 g/mol. The van der Waals surface area contributed by atoms with E-state index in [1.807, 2.05) is 0 Å². The Morgan fingerprint density at radius 1 is 0.287 bits per heavy atom. The number of allylic oxidation sites excluding steroid dienone is 22. The Hall–Kier alpha value is -4.31. The highest BCUT2D eigenvalue weighted by Gasteiger charge is 2.29. The first kappa shape index (κ1) is 96.7. The van der Waals surface area contributed by atoms with Gasteiger partial charge < -0.3 is 34.2 Å². The number of carbonyl (C=O) groups excluding carboxylic acids is 3. The molecule has 0 saturated carbocycles. The van der Waals surface area contributed by atoms with Crippen LogP contribution in [0.2, 0.25) is 0 Å². The molecule has 580 valence electrons. The molecule has 101 heavy (non-hydrogen) atoms. The van der Waals surface area contributed by atoms with Gasteiger partial charge in [0.25, 0.3) is 0 Å². The maximum atomic E-state index is 12.9. The number of hydrogen-bond acceptors (Lipinski definition) is 14. The van der Waals surface area contributed by atoms with Crippen molar-refractivity contribution in [2.75, 3.05) is 39.6 Å². The summed E-state index contributed by atoms with van der Waals surface area (Å²) in [5.74, 6) is -1.59. The van der Waals surface area contributed by atoms with Crippen LogP contribution in [0.15, 0.2) is 134 Å². The number of hydrogen-bond donors (Lipinski definition) is 4. The summed E-state index contributed by atoms with van der Waals surface area (Å²) in [6.45, 7) is 2.41. The zero-order valence-electron chi connectivity index (χ0n) is 63.3. The molecule has 0 saturated heterocycles. The van der Waals surface area contributed by atoms with E-state index >= 15 is 0 Å². The molecule has 0 radical (unpaired) electrons. The van der Waals surface area contributed by atoms with Crippen LogP contribution in [-0.2, 0) is 55.8 Å². The number of unbranched alkanes of at least 4 members (excludes halogenated alkanes) is 29. The van der Waals surface area contributed by atoms with E-state index in [9.17, 15) is 43.5 Å². The van der Waals surface area contributed by atoms with Crippen molar-refractivity contribution in [3.63, 3.8) is 0 Å². The molecule has 0 spiro atoms. The van der Waals surface area contributed by atoms with Crippen LogP contribution >= 0.6 is 15.6 Å². The third kappa shape index (κ3) is 76.6. The van der Waals surface area contributed by atoms with E-state index in [1.54, 1.807) is 0 Å². The zero-order chi connectivity index (χ0) is 73.7. The second-order valence-corrected chi connectivity index (χ2v) is 29.0.